The highest BCUT2D eigenvalue weighted by atomic mass is 32.2. The highest BCUT2D eigenvalue weighted by Gasteiger charge is 2.40. The maximum Gasteiger partial charge on any atom is 0.405 e. The van der Waals surface area contributed by atoms with Crippen molar-refractivity contribution in [3.05, 3.63) is 0 Å². The molecule has 0 aromatic carbocycles. The van der Waals surface area contributed by atoms with E-state index >= 15 is 0 Å². The van der Waals surface area contributed by atoms with Gasteiger partial charge in [0.15, 0.2) is 5.92 Å². The lowest BCUT2D eigenvalue weighted by Gasteiger charge is -2.24. The van der Waals surface area contributed by atoms with Crippen molar-refractivity contribution in [3.8, 4) is 6.07 Å². The van der Waals surface area contributed by atoms with Gasteiger partial charge >= 0.3 is 6.18 Å². The van der Waals surface area contributed by atoms with Crippen LogP contribution in [0.2, 0.25) is 0 Å². The van der Waals surface area contributed by atoms with Gasteiger partial charge in [0.25, 0.3) is 0 Å². The Morgan fingerprint density at radius 3 is 2.69 bits per heavy atom. The largest absolute Gasteiger partial charge is 0.405 e. The van der Waals surface area contributed by atoms with Crippen LogP contribution >= 0.6 is 11.8 Å². The minimum absolute atomic E-state index is 0.0333. The van der Waals surface area contributed by atoms with Crippen LogP contribution in [0.3, 0.4) is 0 Å². The van der Waals surface area contributed by atoms with E-state index in [2.05, 4.69) is 5.32 Å². The van der Waals surface area contributed by atoms with Crippen molar-refractivity contribution in [2.45, 2.75) is 30.7 Å². The molecular weight excluding hydrogens is 237 g/mol. The first-order chi connectivity index (χ1) is 7.37. The Labute approximate surface area is 97.6 Å². The van der Waals surface area contributed by atoms with Gasteiger partial charge in [-0.15, -0.1) is 0 Å². The third kappa shape index (κ3) is 3.87. The van der Waals surface area contributed by atoms with Gasteiger partial charge in [0.05, 0.1) is 6.07 Å². The second-order valence-corrected chi connectivity index (χ2v) is 5.94. The molecule has 0 aromatic rings. The van der Waals surface area contributed by atoms with Gasteiger partial charge < -0.3 is 5.32 Å². The van der Waals surface area contributed by atoms with Gasteiger partial charge in [0.1, 0.15) is 0 Å². The summed E-state index contributed by atoms with van der Waals surface area (Å²) in [6.07, 6.45) is -2.29. The average molecular weight is 252 g/mol. The van der Waals surface area contributed by atoms with Crippen LogP contribution in [-0.2, 0) is 0 Å². The third-order valence-corrected chi connectivity index (χ3v) is 4.24. The fourth-order valence-electron chi connectivity index (χ4n) is 1.69. The first-order valence-corrected chi connectivity index (χ1v) is 6.17. The zero-order valence-electron chi connectivity index (χ0n) is 9.10. The fraction of sp³-hybridized carbons (Fsp3) is 0.900. The summed E-state index contributed by atoms with van der Waals surface area (Å²) < 4.78 is 36.8. The minimum Gasteiger partial charge on any atom is -0.314 e. The molecule has 2 atom stereocenters. The molecule has 0 saturated carbocycles. The number of nitriles is 1. The Morgan fingerprint density at radius 1 is 1.56 bits per heavy atom. The molecule has 1 saturated heterocycles. The van der Waals surface area contributed by atoms with Crippen molar-refractivity contribution >= 4 is 11.8 Å². The second-order valence-electron chi connectivity index (χ2n) is 4.26. The summed E-state index contributed by atoms with van der Waals surface area (Å²) in [7, 11) is 0. The summed E-state index contributed by atoms with van der Waals surface area (Å²) in [5.74, 6) is -0.832. The molecule has 2 unspecified atom stereocenters. The van der Waals surface area contributed by atoms with Gasteiger partial charge in [0.2, 0.25) is 0 Å². The summed E-state index contributed by atoms with van der Waals surface area (Å²) in [5.41, 5.74) is 0. The van der Waals surface area contributed by atoms with Gasteiger partial charge in [0, 0.05) is 17.8 Å². The maximum atomic E-state index is 12.2. The molecule has 0 spiro atoms. The van der Waals surface area contributed by atoms with Gasteiger partial charge in [-0.2, -0.15) is 30.2 Å². The average Bonchev–Trinajstić information content (AvgIpc) is 2.58. The van der Waals surface area contributed by atoms with Crippen LogP contribution in [0.15, 0.2) is 0 Å². The molecular formula is C10H15F3N2S. The van der Waals surface area contributed by atoms with Gasteiger partial charge in [-0.05, 0) is 25.5 Å². The predicted molar refractivity (Wildman–Crippen MR) is 58.1 cm³/mol. The molecule has 0 aromatic heterocycles. The summed E-state index contributed by atoms with van der Waals surface area (Å²) in [4.78, 5) is 0. The Hall–Kier alpha value is -0.410. The molecule has 1 fully saturated rings. The normalized spacial score (nSPS) is 27.7. The number of rotatable bonds is 4. The lowest BCUT2D eigenvalue weighted by atomic mass is 10.1. The quantitative estimate of drug-likeness (QED) is 0.835. The molecule has 16 heavy (non-hydrogen) atoms. The van der Waals surface area contributed by atoms with E-state index in [4.69, 9.17) is 5.26 Å². The van der Waals surface area contributed by atoms with Gasteiger partial charge in [-0.25, -0.2) is 0 Å². The topological polar surface area (TPSA) is 35.8 Å². The summed E-state index contributed by atoms with van der Waals surface area (Å²) in [6.45, 7) is 2.27. The molecule has 1 heterocycles. The first kappa shape index (κ1) is 13.7. The molecule has 1 aliphatic rings. The Balaban J connectivity index is 2.32. The van der Waals surface area contributed by atoms with E-state index in [9.17, 15) is 13.2 Å². The van der Waals surface area contributed by atoms with Crippen molar-refractivity contribution in [1.82, 2.24) is 5.32 Å². The number of nitrogens with zero attached hydrogens (tertiary/aromatic N) is 1. The Kier molecular flexibility index (Phi) is 4.51. The number of hydrogen-bond donors (Lipinski definition) is 1. The van der Waals surface area contributed by atoms with Crippen LogP contribution < -0.4 is 5.32 Å². The summed E-state index contributed by atoms with van der Waals surface area (Å²) >= 11 is 1.78. The number of nitrogens with one attached hydrogen (secondary N) is 1. The molecule has 0 amide bonds. The van der Waals surface area contributed by atoms with E-state index in [1.165, 1.54) is 6.07 Å². The SMILES string of the molecule is CC1(CNCC(C#N)C(F)(F)F)CCCS1. The number of alkyl halides is 3. The van der Waals surface area contributed by atoms with Crippen LogP contribution in [0.25, 0.3) is 0 Å². The number of thioether (sulfide) groups is 1. The van der Waals surface area contributed by atoms with Crippen LogP contribution in [0.1, 0.15) is 19.8 Å². The maximum absolute atomic E-state index is 12.2. The molecule has 0 aliphatic carbocycles. The van der Waals surface area contributed by atoms with E-state index in [0.717, 1.165) is 18.6 Å². The van der Waals surface area contributed by atoms with E-state index in [-0.39, 0.29) is 11.3 Å². The van der Waals surface area contributed by atoms with Crippen LogP contribution in [0.5, 0.6) is 0 Å². The zero-order chi connectivity index (χ0) is 12.2. The van der Waals surface area contributed by atoms with Crippen LogP contribution in [0.4, 0.5) is 13.2 Å². The number of halogens is 3. The van der Waals surface area contributed by atoms with Crippen molar-refractivity contribution in [2.24, 2.45) is 5.92 Å². The van der Waals surface area contributed by atoms with E-state index in [0.29, 0.717) is 6.54 Å². The monoisotopic (exact) mass is 252 g/mol. The van der Waals surface area contributed by atoms with Crippen LogP contribution in [0, 0.1) is 17.2 Å². The smallest absolute Gasteiger partial charge is 0.314 e. The van der Waals surface area contributed by atoms with Crippen molar-refractivity contribution in [3.63, 3.8) is 0 Å². The summed E-state index contributed by atoms with van der Waals surface area (Å²) in [6, 6.07) is 1.29. The second kappa shape index (κ2) is 5.28. The van der Waals surface area contributed by atoms with Crippen LogP contribution in [-0.4, -0.2) is 29.8 Å². The summed E-state index contributed by atoms with van der Waals surface area (Å²) in [5, 5.41) is 11.2. The molecule has 0 radical (unpaired) electrons. The molecule has 92 valence electrons. The zero-order valence-corrected chi connectivity index (χ0v) is 9.92. The molecule has 1 aliphatic heterocycles. The molecule has 1 N–H and O–H groups in total. The minimum atomic E-state index is -4.43. The first-order valence-electron chi connectivity index (χ1n) is 5.18. The van der Waals surface area contributed by atoms with E-state index < -0.39 is 12.1 Å². The van der Waals surface area contributed by atoms with Gasteiger partial charge in [-0.3, -0.25) is 0 Å². The predicted octanol–water partition coefficient (Wildman–Crippen LogP) is 2.56. The van der Waals surface area contributed by atoms with E-state index in [1.54, 1.807) is 11.8 Å². The molecule has 1 rings (SSSR count). The lowest BCUT2D eigenvalue weighted by molar-refractivity contribution is -0.157. The highest BCUT2D eigenvalue weighted by Crippen LogP contribution is 2.37. The van der Waals surface area contributed by atoms with Crippen molar-refractivity contribution < 1.29 is 13.2 Å². The molecule has 0 bridgehead atoms. The highest BCUT2D eigenvalue weighted by molar-refractivity contribution is 8.00. The van der Waals surface area contributed by atoms with E-state index in [1.807, 2.05) is 6.92 Å². The fourth-order valence-corrected chi connectivity index (χ4v) is 2.97. The molecule has 6 heteroatoms. The lowest BCUT2D eigenvalue weighted by Crippen LogP contribution is -2.39. The Morgan fingerprint density at radius 2 is 2.25 bits per heavy atom. The van der Waals surface area contributed by atoms with Crippen molar-refractivity contribution in [2.75, 3.05) is 18.8 Å². The third-order valence-electron chi connectivity index (χ3n) is 2.70. The Bertz CT molecular complexity index is 266. The van der Waals surface area contributed by atoms with Gasteiger partial charge in [-0.1, -0.05) is 0 Å². The molecule has 2 nitrogen and oxygen atoms in total. The number of hydrogen-bond acceptors (Lipinski definition) is 3. The standard InChI is InChI=1S/C10H15F3N2S/c1-9(3-2-4-16-9)7-15-6-8(5-14)10(11,12)13/h8,15H,2-4,6-7H2,1H3. The van der Waals surface area contributed by atoms with Crippen molar-refractivity contribution in [1.29, 1.82) is 5.26 Å².